The number of hydrogen-bond acceptors (Lipinski definition) is 4. The Bertz CT molecular complexity index is 912. The summed E-state index contributed by atoms with van der Waals surface area (Å²) < 4.78 is 11.9. The topological polar surface area (TPSA) is 43.7 Å². The zero-order chi connectivity index (χ0) is 17.1. The van der Waals surface area contributed by atoms with Gasteiger partial charge in [0.1, 0.15) is 11.9 Å². The van der Waals surface area contributed by atoms with Gasteiger partial charge in [-0.3, -0.25) is 0 Å². The third-order valence-electron chi connectivity index (χ3n) is 3.84. The lowest BCUT2D eigenvalue weighted by atomic mass is 10.1. The number of pyridine rings is 1. The van der Waals surface area contributed by atoms with Crippen molar-refractivity contribution in [2.75, 3.05) is 6.54 Å². The largest absolute Gasteiger partial charge is 0.467 e. The van der Waals surface area contributed by atoms with Crippen LogP contribution in [0.1, 0.15) is 17.2 Å². The molecule has 2 heterocycles. The molecule has 0 bridgehead atoms. The minimum atomic E-state index is -0.0876. The van der Waals surface area contributed by atoms with Crippen molar-refractivity contribution in [3.8, 4) is 11.6 Å². The van der Waals surface area contributed by atoms with Crippen LogP contribution < -0.4 is 4.74 Å². The lowest BCUT2D eigenvalue weighted by Gasteiger charge is -2.13. The number of aliphatic imine (C=N–C) groups is 1. The molecule has 124 valence electrons. The third-order valence-corrected chi connectivity index (χ3v) is 4.07. The molecule has 1 atom stereocenters. The van der Waals surface area contributed by atoms with Crippen LogP contribution in [0.25, 0.3) is 0 Å². The van der Waals surface area contributed by atoms with Gasteiger partial charge < -0.3 is 9.47 Å². The molecule has 3 aromatic rings. The fraction of sp³-hybridized carbons (Fsp3) is 0.100. The average molecular weight is 351 g/mol. The van der Waals surface area contributed by atoms with Crippen LogP contribution in [-0.4, -0.2) is 17.4 Å². The molecule has 0 N–H and O–H groups in total. The molecule has 1 aromatic heterocycles. The van der Waals surface area contributed by atoms with E-state index in [1.54, 1.807) is 18.3 Å². The first kappa shape index (κ1) is 15.7. The highest BCUT2D eigenvalue weighted by Gasteiger charge is 2.25. The van der Waals surface area contributed by atoms with E-state index in [4.69, 9.17) is 21.1 Å². The summed E-state index contributed by atoms with van der Waals surface area (Å²) in [4.78, 5) is 8.85. The summed E-state index contributed by atoms with van der Waals surface area (Å²) in [6, 6.07) is 21.0. The van der Waals surface area contributed by atoms with Crippen LogP contribution in [-0.2, 0) is 4.74 Å². The molecule has 4 nitrogen and oxygen atoms in total. The molecule has 2 aromatic carbocycles. The van der Waals surface area contributed by atoms with Crippen LogP contribution in [0.3, 0.4) is 0 Å². The van der Waals surface area contributed by atoms with Gasteiger partial charge in [0, 0.05) is 11.2 Å². The van der Waals surface area contributed by atoms with Gasteiger partial charge in [0.2, 0.25) is 11.8 Å². The number of ether oxygens (including phenoxy) is 2. The van der Waals surface area contributed by atoms with Crippen LogP contribution >= 0.6 is 11.6 Å². The number of nitrogens with zero attached hydrogens (tertiary/aromatic N) is 2. The lowest BCUT2D eigenvalue weighted by molar-refractivity contribution is 0.230. The Morgan fingerprint density at radius 2 is 1.88 bits per heavy atom. The van der Waals surface area contributed by atoms with Crippen LogP contribution in [0.15, 0.2) is 77.9 Å². The molecule has 0 aliphatic carbocycles. The van der Waals surface area contributed by atoms with Crippen LogP contribution in [0.5, 0.6) is 11.6 Å². The van der Waals surface area contributed by atoms with Gasteiger partial charge in [-0.1, -0.05) is 48.0 Å². The molecule has 0 amide bonds. The van der Waals surface area contributed by atoms with Crippen molar-refractivity contribution in [3.63, 3.8) is 0 Å². The summed E-state index contributed by atoms with van der Waals surface area (Å²) >= 11 is 6.02. The molecule has 0 fully saturated rings. The van der Waals surface area contributed by atoms with Crippen molar-refractivity contribution in [1.29, 1.82) is 0 Å². The Balaban J connectivity index is 1.57. The number of benzene rings is 2. The second kappa shape index (κ2) is 6.95. The van der Waals surface area contributed by atoms with Gasteiger partial charge in [0.05, 0.1) is 12.1 Å². The smallest absolute Gasteiger partial charge is 0.231 e. The van der Waals surface area contributed by atoms with Crippen molar-refractivity contribution in [2.24, 2.45) is 4.99 Å². The minimum absolute atomic E-state index is 0.0876. The van der Waals surface area contributed by atoms with Gasteiger partial charge in [-0.2, -0.15) is 0 Å². The Morgan fingerprint density at radius 3 is 2.72 bits per heavy atom. The van der Waals surface area contributed by atoms with E-state index in [1.165, 1.54) is 0 Å². The van der Waals surface area contributed by atoms with Crippen LogP contribution in [0, 0.1) is 0 Å². The highest BCUT2D eigenvalue weighted by molar-refractivity contribution is 6.30. The van der Waals surface area contributed by atoms with Gasteiger partial charge in [0.15, 0.2) is 0 Å². The summed E-state index contributed by atoms with van der Waals surface area (Å²) in [6.07, 6.45) is 1.59. The van der Waals surface area contributed by atoms with Crippen molar-refractivity contribution < 1.29 is 9.47 Å². The minimum Gasteiger partial charge on any atom is -0.467 e. The molecule has 0 saturated carbocycles. The number of hydrogen-bond donors (Lipinski definition) is 0. The van der Waals surface area contributed by atoms with Gasteiger partial charge in [-0.15, -0.1) is 0 Å². The van der Waals surface area contributed by atoms with Gasteiger partial charge in [0.25, 0.3) is 0 Å². The molecule has 0 spiro atoms. The van der Waals surface area contributed by atoms with E-state index in [9.17, 15) is 0 Å². The summed E-state index contributed by atoms with van der Waals surface area (Å²) in [6.45, 7) is 0.574. The second-order valence-corrected chi connectivity index (χ2v) is 6.02. The first-order valence-electron chi connectivity index (χ1n) is 7.94. The molecule has 25 heavy (non-hydrogen) atoms. The maximum absolute atomic E-state index is 6.04. The second-order valence-electron chi connectivity index (χ2n) is 5.58. The maximum atomic E-state index is 6.04. The normalized spacial score (nSPS) is 16.2. The van der Waals surface area contributed by atoms with E-state index in [2.05, 4.69) is 9.98 Å². The summed E-state index contributed by atoms with van der Waals surface area (Å²) in [5.74, 6) is 1.60. The van der Waals surface area contributed by atoms with Crippen LogP contribution in [0.2, 0.25) is 5.02 Å². The molecule has 1 aliphatic heterocycles. The SMILES string of the molecule is Clc1cccc(Oc2ncccc2C2=NCC(c3ccccc3)O2)c1. The molecule has 0 radical (unpaired) electrons. The molecular formula is C20H15ClN2O2. The van der Waals surface area contributed by atoms with Crippen molar-refractivity contribution in [3.05, 3.63) is 89.1 Å². The van der Waals surface area contributed by atoms with E-state index in [1.807, 2.05) is 54.6 Å². The first-order valence-corrected chi connectivity index (χ1v) is 8.32. The maximum Gasteiger partial charge on any atom is 0.231 e. The highest BCUT2D eigenvalue weighted by Crippen LogP contribution is 2.30. The van der Waals surface area contributed by atoms with E-state index in [0.717, 1.165) is 11.1 Å². The first-order chi connectivity index (χ1) is 12.3. The van der Waals surface area contributed by atoms with E-state index >= 15 is 0 Å². The summed E-state index contributed by atoms with van der Waals surface area (Å²) in [7, 11) is 0. The fourth-order valence-corrected chi connectivity index (χ4v) is 2.82. The molecule has 1 unspecified atom stereocenters. The predicted molar refractivity (Wildman–Crippen MR) is 97.4 cm³/mol. The summed E-state index contributed by atoms with van der Waals surface area (Å²) in [5, 5.41) is 0.605. The Kier molecular flexibility index (Phi) is 4.36. The lowest BCUT2D eigenvalue weighted by Crippen LogP contribution is -2.08. The van der Waals surface area contributed by atoms with Crippen LogP contribution in [0.4, 0.5) is 0 Å². The van der Waals surface area contributed by atoms with Crippen molar-refractivity contribution in [1.82, 2.24) is 4.98 Å². The predicted octanol–water partition coefficient (Wildman–Crippen LogP) is 5.05. The quantitative estimate of drug-likeness (QED) is 0.661. The third kappa shape index (κ3) is 3.49. The Labute approximate surface area is 150 Å². The zero-order valence-electron chi connectivity index (χ0n) is 13.3. The highest BCUT2D eigenvalue weighted by atomic mass is 35.5. The number of aromatic nitrogens is 1. The molecule has 1 aliphatic rings. The molecular weight excluding hydrogens is 336 g/mol. The number of rotatable bonds is 4. The number of halogens is 1. The molecule has 4 rings (SSSR count). The summed E-state index contributed by atoms with van der Waals surface area (Å²) in [5.41, 5.74) is 1.82. The average Bonchev–Trinajstić information content (AvgIpc) is 3.13. The van der Waals surface area contributed by atoms with Gasteiger partial charge >= 0.3 is 0 Å². The van der Waals surface area contributed by atoms with Crippen molar-refractivity contribution in [2.45, 2.75) is 6.10 Å². The Hall–Kier alpha value is -2.85. The standard InChI is InChI=1S/C20H15ClN2O2/c21-15-8-4-9-16(12-15)24-19-17(10-5-11-22-19)20-23-13-18(25-20)14-6-2-1-3-7-14/h1-12,18H,13H2. The molecule has 5 heteroatoms. The van der Waals surface area contributed by atoms with E-state index in [-0.39, 0.29) is 6.10 Å². The van der Waals surface area contributed by atoms with Gasteiger partial charge in [-0.25, -0.2) is 9.98 Å². The monoisotopic (exact) mass is 350 g/mol. The van der Waals surface area contributed by atoms with E-state index in [0.29, 0.717) is 29.1 Å². The fourth-order valence-electron chi connectivity index (χ4n) is 2.64. The van der Waals surface area contributed by atoms with Gasteiger partial charge in [-0.05, 0) is 35.9 Å². The van der Waals surface area contributed by atoms with E-state index < -0.39 is 0 Å². The molecule has 0 saturated heterocycles. The zero-order valence-corrected chi connectivity index (χ0v) is 14.1. The Morgan fingerprint density at radius 1 is 1.00 bits per heavy atom. The van der Waals surface area contributed by atoms with Crippen molar-refractivity contribution >= 4 is 17.5 Å².